The quantitative estimate of drug-likeness (QED) is 0.859. The van der Waals surface area contributed by atoms with E-state index in [9.17, 15) is 0 Å². The molecule has 0 amide bonds. The zero-order valence-corrected chi connectivity index (χ0v) is 11.6. The molecule has 2 heterocycles. The van der Waals surface area contributed by atoms with Gasteiger partial charge in [0.05, 0.1) is 0 Å². The Morgan fingerprint density at radius 1 is 1.22 bits per heavy atom. The molecule has 1 N–H and O–H groups in total. The van der Waals surface area contributed by atoms with Crippen LogP contribution in [0, 0.1) is 5.41 Å². The predicted molar refractivity (Wildman–Crippen MR) is 76.9 cm³/mol. The van der Waals surface area contributed by atoms with Crippen LogP contribution in [-0.2, 0) is 13.0 Å². The Hall–Kier alpha value is -1.02. The third kappa shape index (κ3) is 2.39. The summed E-state index contributed by atoms with van der Waals surface area (Å²) in [6, 6.07) is 6.77. The first-order valence-electron chi connectivity index (χ1n) is 7.21. The second-order valence-electron chi connectivity index (χ2n) is 6.57. The Bertz CT molecular complexity index is 427. The van der Waals surface area contributed by atoms with Gasteiger partial charge >= 0.3 is 0 Å². The highest BCUT2D eigenvalue weighted by Crippen LogP contribution is 2.32. The molecular formula is C16H24N2. The molecule has 1 fully saturated rings. The molecule has 2 heteroatoms. The Morgan fingerprint density at radius 3 is 2.78 bits per heavy atom. The first-order chi connectivity index (χ1) is 8.64. The highest BCUT2D eigenvalue weighted by molar-refractivity contribution is 5.61. The third-order valence-corrected chi connectivity index (χ3v) is 4.54. The summed E-state index contributed by atoms with van der Waals surface area (Å²) in [5.74, 6) is 0. The molecule has 0 spiro atoms. The molecule has 1 saturated heterocycles. The van der Waals surface area contributed by atoms with Gasteiger partial charge in [0.25, 0.3) is 0 Å². The Balaban J connectivity index is 1.69. The molecule has 0 radical (unpaired) electrons. The van der Waals surface area contributed by atoms with Gasteiger partial charge in [-0.05, 0) is 48.9 Å². The summed E-state index contributed by atoms with van der Waals surface area (Å²) >= 11 is 0. The lowest BCUT2D eigenvalue weighted by Crippen LogP contribution is -2.36. The van der Waals surface area contributed by atoms with Gasteiger partial charge in [-0.25, -0.2) is 0 Å². The van der Waals surface area contributed by atoms with E-state index in [1.807, 2.05) is 0 Å². The van der Waals surface area contributed by atoms with Crippen LogP contribution in [0.5, 0.6) is 0 Å². The average Bonchev–Trinajstić information content (AvgIpc) is 2.81. The van der Waals surface area contributed by atoms with Crippen molar-refractivity contribution < 1.29 is 0 Å². The van der Waals surface area contributed by atoms with Crippen molar-refractivity contribution in [2.75, 3.05) is 25.0 Å². The highest BCUT2D eigenvalue weighted by atomic mass is 15.1. The van der Waals surface area contributed by atoms with Crippen molar-refractivity contribution in [2.45, 2.75) is 39.7 Å². The zero-order chi connectivity index (χ0) is 12.6. The Labute approximate surface area is 110 Å². The van der Waals surface area contributed by atoms with Gasteiger partial charge in [0.2, 0.25) is 0 Å². The van der Waals surface area contributed by atoms with Crippen molar-refractivity contribution in [3.63, 3.8) is 0 Å². The van der Waals surface area contributed by atoms with Crippen molar-refractivity contribution in [3.8, 4) is 0 Å². The summed E-state index contributed by atoms with van der Waals surface area (Å²) in [6.07, 6.45) is 3.85. The van der Waals surface area contributed by atoms with Crippen LogP contribution < -0.4 is 5.32 Å². The molecule has 1 aromatic carbocycles. The number of fused-ring (bicyclic) bond motifs is 1. The molecule has 0 aliphatic carbocycles. The minimum absolute atomic E-state index is 0.549. The van der Waals surface area contributed by atoms with Gasteiger partial charge in [-0.3, -0.25) is 4.90 Å². The number of anilines is 1. The van der Waals surface area contributed by atoms with Crippen LogP contribution in [0.25, 0.3) is 0 Å². The fourth-order valence-corrected chi connectivity index (χ4v) is 3.10. The number of nitrogens with zero attached hydrogens (tertiary/aromatic N) is 1. The molecule has 98 valence electrons. The number of rotatable bonds is 2. The maximum atomic E-state index is 3.55. The second-order valence-corrected chi connectivity index (χ2v) is 6.57. The third-order valence-electron chi connectivity index (χ3n) is 4.54. The standard InChI is InChI=1S/C16H24N2/c1-16(2)7-10-18(11-8-16)12-14-5-3-4-13-6-9-17-15(13)14/h3-5,17H,6-12H2,1-2H3. The number of benzene rings is 1. The fraction of sp³-hybridized carbons (Fsp3) is 0.625. The summed E-state index contributed by atoms with van der Waals surface area (Å²) in [6.45, 7) is 9.51. The number of likely N-dealkylation sites (tertiary alicyclic amines) is 1. The lowest BCUT2D eigenvalue weighted by molar-refractivity contribution is 0.127. The van der Waals surface area contributed by atoms with Gasteiger partial charge < -0.3 is 5.32 Å². The molecule has 0 unspecified atom stereocenters. The van der Waals surface area contributed by atoms with E-state index in [1.54, 1.807) is 0 Å². The molecule has 18 heavy (non-hydrogen) atoms. The van der Waals surface area contributed by atoms with E-state index in [4.69, 9.17) is 0 Å². The number of hydrogen-bond acceptors (Lipinski definition) is 2. The molecule has 1 aromatic rings. The molecule has 0 atom stereocenters. The lowest BCUT2D eigenvalue weighted by atomic mass is 9.82. The van der Waals surface area contributed by atoms with Crippen LogP contribution in [0.2, 0.25) is 0 Å². The summed E-state index contributed by atoms with van der Waals surface area (Å²) in [7, 11) is 0. The number of hydrogen-bond donors (Lipinski definition) is 1. The number of para-hydroxylation sites is 1. The maximum Gasteiger partial charge on any atom is 0.0419 e. The first-order valence-corrected chi connectivity index (χ1v) is 7.21. The topological polar surface area (TPSA) is 15.3 Å². The molecule has 0 bridgehead atoms. The zero-order valence-electron chi connectivity index (χ0n) is 11.6. The van der Waals surface area contributed by atoms with E-state index >= 15 is 0 Å². The number of piperidine rings is 1. The monoisotopic (exact) mass is 244 g/mol. The molecule has 0 saturated carbocycles. The highest BCUT2D eigenvalue weighted by Gasteiger charge is 2.26. The van der Waals surface area contributed by atoms with Crippen molar-refractivity contribution >= 4 is 5.69 Å². The van der Waals surface area contributed by atoms with Crippen LogP contribution >= 0.6 is 0 Å². The van der Waals surface area contributed by atoms with E-state index in [-0.39, 0.29) is 0 Å². The fourth-order valence-electron chi connectivity index (χ4n) is 3.10. The smallest absolute Gasteiger partial charge is 0.0419 e. The van der Waals surface area contributed by atoms with Crippen molar-refractivity contribution in [1.82, 2.24) is 4.90 Å². The second kappa shape index (κ2) is 4.58. The predicted octanol–water partition coefficient (Wildman–Crippen LogP) is 3.28. The molecule has 2 aliphatic heterocycles. The maximum absolute atomic E-state index is 3.55. The van der Waals surface area contributed by atoms with Crippen molar-refractivity contribution in [2.24, 2.45) is 5.41 Å². The summed E-state index contributed by atoms with van der Waals surface area (Å²) < 4.78 is 0. The van der Waals surface area contributed by atoms with Gasteiger partial charge in [-0.2, -0.15) is 0 Å². The van der Waals surface area contributed by atoms with E-state index in [0.29, 0.717) is 5.41 Å². The van der Waals surface area contributed by atoms with E-state index in [0.717, 1.165) is 13.1 Å². The van der Waals surface area contributed by atoms with Gasteiger partial charge in [0, 0.05) is 18.8 Å². The molecule has 3 rings (SSSR count). The summed E-state index contributed by atoms with van der Waals surface area (Å²) in [5, 5.41) is 3.55. The summed E-state index contributed by atoms with van der Waals surface area (Å²) in [4.78, 5) is 2.61. The largest absolute Gasteiger partial charge is 0.384 e. The molecule has 0 aromatic heterocycles. The first kappa shape index (κ1) is 12.0. The van der Waals surface area contributed by atoms with Gasteiger partial charge in [-0.15, -0.1) is 0 Å². The molecular weight excluding hydrogens is 220 g/mol. The van der Waals surface area contributed by atoms with Crippen molar-refractivity contribution in [1.29, 1.82) is 0 Å². The van der Waals surface area contributed by atoms with Crippen LogP contribution in [-0.4, -0.2) is 24.5 Å². The van der Waals surface area contributed by atoms with Crippen LogP contribution in [0.15, 0.2) is 18.2 Å². The normalized spacial score (nSPS) is 22.6. The van der Waals surface area contributed by atoms with Crippen LogP contribution in [0.4, 0.5) is 5.69 Å². The Kier molecular flexibility index (Phi) is 3.06. The lowest BCUT2D eigenvalue weighted by Gasteiger charge is -2.37. The van der Waals surface area contributed by atoms with Gasteiger partial charge in [-0.1, -0.05) is 32.0 Å². The van der Waals surface area contributed by atoms with E-state index < -0.39 is 0 Å². The SMILES string of the molecule is CC1(C)CCN(Cc2cccc3c2NCC3)CC1. The van der Waals surface area contributed by atoms with Crippen LogP contribution in [0.1, 0.15) is 37.8 Å². The average molecular weight is 244 g/mol. The minimum Gasteiger partial charge on any atom is -0.384 e. The summed E-state index contributed by atoms with van der Waals surface area (Å²) in [5.41, 5.74) is 4.96. The Morgan fingerprint density at radius 2 is 2.00 bits per heavy atom. The number of nitrogens with one attached hydrogen (secondary N) is 1. The minimum atomic E-state index is 0.549. The van der Waals surface area contributed by atoms with Gasteiger partial charge in [0.15, 0.2) is 0 Å². The van der Waals surface area contributed by atoms with Gasteiger partial charge in [0.1, 0.15) is 0 Å². The van der Waals surface area contributed by atoms with Crippen LogP contribution in [0.3, 0.4) is 0 Å². The molecule has 2 nitrogen and oxygen atoms in total. The van der Waals surface area contributed by atoms with Crippen molar-refractivity contribution in [3.05, 3.63) is 29.3 Å². The van der Waals surface area contributed by atoms with E-state index in [2.05, 4.69) is 42.3 Å². The van der Waals surface area contributed by atoms with E-state index in [1.165, 1.54) is 49.2 Å². The molecule has 2 aliphatic rings.